The minimum Gasteiger partial charge on any atom is -1.00 e. The number of hydrogen-bond acceptors (Lipinski definition) is 0. The van der Waals surface area contributed by atoms with Crippen LogP contribution in [0.25, 0.3) is 11.1 Å². The predicted molar refractivity (Wildman–Crippen MR) is 159 cm³/mol. The number of halogens is 2. The van der Waals surface area contributed by atoms with Crippen molar-refractivity contribution in [2.45, 2.75) is 33.0 Å². The van der Waals surface area contributed by atoms with Gasteiger partial charge in [-0.15, -0.1) is 0 Å². The SMILES string of the molecule is CC1C=C([Si](C)(C)C)C=[C]1[Zr+2](=[C](c1ccccc1)c1ccccc1)[c]1cccc2c1Cc1ccccc1-2.[Cl-].[Cl-]. The molecule has 0 saturated heterocycles. The molecule has 4 heteroatoms. The molecule has 0 spiro atoms. The summed E-state index contributed by atoms with van der Waals surface area (Å²) in [5.74, 6) is 0.498. The molecule has 1 unspecified atom stereocenters. The predicted octanol–water partition coefficient (Wildman–Crippen LogP) is 2.12. The van der Waals surface area contributed by atoms with Gasteiger partial charge in [-0.3, -0.25) is 0 Å². The second-order valence-corrected chi connectivity index (χ2v) is 22.3. The van der Waals surface area contributed by atoms with Gasteiger partial charge in [0.15, 0.2) is 0 Å². The number of benzene rings is 4. The van der Waals surface area contributed by atoms with E-state index >= 15 is 0 Å². The number of rotatable bonds is 5. The first-order valence-electron chi connectivity index (χ1n) is 13.4. The van der Waals surface area contributed by atoms with E-state index < -0.39 is 29.3 Å². The molecule has 1 atom stereocenters. The molecule has 4 aromatic carbocycles. The van der Waals surface area contributed by atoms with Gasteiger partial charge in [-0.1, -0.05) is 0 Å². The number of allylic oxidation sites excluding steroid dienone is 4. The van der Waals surface area contributed by atoms with E-state index in [4.69, 9.17) is 0 Å². The Bertz CT molecular complexity index is 1540. The van der Waals surface area contributed by atoms with Crippen molar-refractivity contribution in [3.05, 3.63) is 146 Å². The van der Waals surface area contributed by atoms with Crippen molar-refractivity contribution in [1.82, 2.24) is 0 Å². The van der Waals surface area contributed by atoms with E-state index in [1.54, 1.807) is 20.5 Å². The number of fused-ring (bicyclic) bond motifs is 3. The Labute approximate surface area is 254 Å². The average molecular weight is 645 g/mol. The Balaban J connectivity index is 0.00000176. The van der Waals surface area contributed by atoms with E-state index in [1.807, 2.05) is 0 Å². The molecule has 0 fully saturated rings. The quantitative estimate of drug-likeness (QED) is 0.258. The molecule has 2 aliphatic rings. The molecular weight excluding hydrogens is 611 g/mol. The molecule has 4 aromatic rings. The summed E-state index contributed by atoms with van der Waals surface area (Å²) in [6, 6.07) is 38.7. The molecule has 2 aliphatic carbocycles. The Morgan fingerprint density at radius 3 is 1.85 bits per heavy atom. The van der Waals surface area contributed by atoms with Gasteiger partial charge in [0, 0.05) is 0 Å². The van der Waals surface area contributed by atoms with Gasteiger partial charge >= 0.3 is 232 Å². The first-order valence-corrected chi connectivity index (χ1v) is 20.6. The van der Waals surface area contributed by atoms with Crippen LogP contribution >= 0.6 is 0 Å². The van der Waals surface area contributed by atoms with Crippen molar-refractivity contribution in [2.24, 2.45) is 5.92 Å². The van der Waals surface area contributed by atoms with Crippen LogP contribution in [-0.2, 0) is 27.7 Å². The normalized spacial score (nSPS) is 15.0. The topological polar surface area (TPSA) is 0 Å². The third kappa shape index (κ3) is 5.73. The van der Waals surface area contributed by atoms with Crippen LogP contribution in [0.1, 0.15) is 29.2 Å². The monoisotopic (exact) mass is 642 g/mol. The Morgan fingerprint density at radius 1 is 0.692 bits per heavy atom. The summed E-state index contributed by atoms with van der Waals surface area (Å²) in [6.07, 6.45) is 6.32. The second-order valence-electron chi connectivity index (χ2n) is 11.4. The molecule has 0 heterocycles. The minimum atomic E-state index is -2.64. The summed E-state index contributed by atoms with van der Waals surface area (Å²) in [4.78, 5) is 0. The smallest absolute Gasteiger partial charge is 1.00 e. The molecule has 0 amide bonds. The van der Waals surface area contributed by atoms with Crippen molar-refractivity contribution < 1.29 is 46.1 Å². The molecule has 39 heavy (non-hydrogen) atoms. The van der Waals surface area contributed by atoms with Crippen molar-refractivity contribution in [1.29, 1.82) is 0 Å². The average Bonchev–Trinajstić information content (AvgIpc) is 3.49. The maximum atomic E-state index is 2.67. The van der Waals surface area contributed by atoms with Crippen molar-refractivity contribution in [3.63, 3.8) is 0 Å². The number of hydrogen-bond donors (Lipinski definition) is 0. The van der Waals surface area contributed by atoms with Crippen LogP contribution in [0.4, 0.5) is 0 Å². The maximum absolute atomic E-state index is 2.67. The zero-order chi connectivity index (χ0) is 25.6. The molecular formula is C35H34Cl2SiZr. The van der Waals surface area contributed by atoms with Crippen LogP contribution in [-0.4, -0.2) is 11.3 Å². The van der Waals surface area contributed by atoms with E-state index in [-0.39, 0.29) is 24.8 Å². The second kappa shape index (κ2) is 12.2. The van der Waals surface area contributed by atoms with Crippen molar-refractivity contribution >= 4 is 14.6 Å². The summed E-state index contributed by atoms with van der Waals surface area (Å²) in [5.41, 5.74) is 8.73. The van der Waals surface area contributed by atoms with E-state index in [1.165, 1.54) is 27.8 Å². The van der Waals surface area contributed by atoms with Crippen molar-refractivity contribution in [3.8, 4) is 11.1 Å². The summed E-state index contributed by atoms with van der Waals surface area (Å²) in [7, 11) is -1.41. The fourth-order valence-electron chi connectivity index (χ4n) is 5.96. The van der Waals surface area contributed by atoms with E-state index in [2.05, 4.69) is 142 Å². The van der Waals surface area contributed by atoms with Gasteiger partial charge in [0.2, 0.25) is 0 Å². The van der Waals surface area contributed by atoms with Crippen molar-refractivity contribution in [2.75, 3.05) is 0 Å². The molecule has 6 rings (SSSR count). The van der Waals surface area contributed by atoms with Crippen LogP contribution in [0, 0.1) is 5.92 Å². The molecule has 0 saturated carbocycles. The first kappa shape index (κ1) is 29.9. The minimum absolute atomic E-state index is 0. The van der Waals surface area contributed by atoms with Gasteiger partial charge < -0.3 is 24.8 Å². The zero-order valence-corrected chi connectivity index (χ0v) is 28.0. The molecule has 196 valence electrons. The van der Waals surface area contributed by atoms with Gasteiger partial charge in [-0.25, -0.2) is 0 Å². The summed E-state index contributed by atoms with van der Waals surface area (Å²) in [6.45, 7) is 9.92. The van der Waals surface area contributed by atoms with E-state index in [9.17, 15) is 0 Å². The molecule has 0 nitrogen and oxygen atoms in total. The summed E-state index contributed by atoms with van der Waals surface area (Å²) < 4.78 is 4.99. The fraction of sp³-hybridized carbons (Fsp3) is 0.171. The molecule has 0 aromatic heterocycles. The largest absolute Gasteiger partial charge is 1.00 e. The van der Waals surface area contributed by atoms with Crippen LogP contribution in [0.2, 0.25) is 19.6 Å². The van der Waals surface area contributed by atoms with Gasteiger partial charge in [-0.2, -0.15) is 0 Å². The first-order chi connectivity index (χ1) is 17.9. The van der Waals surface area contributed by atoms with Crippen LogP contribution < -0.4 is 28.1 Å². The van der Waals surface area contributed by atoms with Gasteiger partial charge in [-0.05, 0) is 0 Å². The van der Waals surface area contributed by atoms with E-state index in [0.717, 1.165) is 6.42 Å². The third-order valence-electron chi connectivity index (χ3n) is 7.88. The van der Waals surface area contributed by atoms with Crippen LogP contribution in [0.3, 0.4) is 0 Å². The third-order valence-corrected chi connectivity index (χ3v) is 17.9. The molecule has 0 N–H and O–H groups in total. The Kier molecular flexibility index (Phi) is 9.34. The van der Waals surface area contributed by atoms with Crippen LogP contribution in [0.5, 0.6) is 0 Å². The molecule has 0 radical (unpaired) electrons. The van der Waals surface area contributed by atoms with Gasteiger partial charge in [0.05, 0.1) is 0 Å². The fourth-order valence-corrected chi connectivity index (χ4v) is 16.0. The van der Waals surface area contributed by atoms with Crippen LogP contribution in [0.15, 0.2) is 124 Å². The van der Waals surface area contributed by atoms with Gasteiger partial charge in [0.1, 0.15) is 0 Å². The molecule has 0 bridgehead atoms. The van der Waals surface area contributed by atoms with E-state index in [0.29, 0.717) is 5.92 Å². The summed E-state index contributed by atoms with van der Waals surface area (Å²) >= 11 is -2.64. The standard InChI is InChI=1S/C13H9.C13H10.C9H15Si.2ClH.Zr/c1-3-7-12-10(5-1)9-11-6-2-4-8-13(11)12;1-3-7-12(8-4-1)11-13-9-5-2-6-10-13;1-8-5-6-9(7-8)10(2,3)4;;;/h1-5,7-8H,9H2;1-10H;6-8H,1-4H3;2*1H;/q;;;;;+2/p-2. The van der Waals surface area contributed by atoms with Gasteiger partial charge in [0.25, 0.3) is 0 Å². The Morgan fingerprint density at radius 2 is 1.26 bits per heavy atom. The molecule has 0 aliphatic heterocycles. The Hall–Kier alpha value is -2.09. The zero-order valence-electron chi connectivity index (χ0n) is 23.0. The summed E-state index contributed by atoms with van der Waals surface area (Å²) in [5, 5.41) is 1.63. The maximum Gasteiger partial charge on any atom is -1.00 e.